The Hall–Kier alpha value is -1.90. The molecule has 0 radical (unpaired) electrons. The topological polar surface area (TPSA) is 22.1 Å². The zero-order valence-electron chi connectivity index (χ0n) is 11.5. The SMILES string of the molecule is Cc1ccc(COc2ccc(F)c(C(C)C)c2)nc1. The molecule has 0 unspecified atom stereocenters. The van der Waals surface area contributed by atoms with Crippen LogP contribution in [0.5, 0.6) is 5.75 Å². The van der Waals surface area contributed by atoms with E-state index in [1.807, 2.05) is 39.1 Å². The van der Waals surface area contributed by atoms with Gasteiger partial charge in [0.05, 0.1) is 5.69 Å². The zero-order chi connectivity index (χ0) is 13.8. The molecule has 0 saturated carbocycles. The predicted molar refractivity (Wildman–Crippen MR) is 73.8 cm³/mol. The number of nitrogens with zero attached hydrogens (tertiary/aromatic N) is 1. The minimum Gasteiger partial charge on any atom is -0.487 e. The summed E-state index contributed by atoms with van der Waals surface area (Å²) in [6, 6.07) is 8.79. The molecule has 1 heterocycles. The maximum absolute atomic E-state index is 13.6. The fourth-order valence-corrected chi connectivity index (χ4v) is 1.80. The molecule has 0 spiro atoms. The van der Waals surface area contributed by atoms with Crippen LogP contribution in [0.25, 0.3) is 0 Å². The molecule has 0 atom stereocenters. The van der Waals surface area contributed by atoms with E-state index < -0.39 is 0 Å². The highest BCUT2D eigenvalue weighted by atomic mass is 19.1. The van der Waals surface area contributed by atoms with Gasteiger partial charge >= 0.3 is 0 Å². The van der Waals surface area contributed by atoms with Crippen LogP contribution in [0.2, 0.25) is 0 Å². The smallest absolute Gasteiger partial charge is 0.130 e. The van der Waals surface area contributed by atoms with Crippen LogP contribution in [0.15, 0.2) is 36.5 Å². The first-order chi connectivity index (χ1) is 9.06. The number of hydrogen-bond donors (Lipinski definition) is 0. The molecule has 2 nitrogen and oxygen atoms in total. The Balaban J connectivity index is 2.07. The van der Waals surface area contributed by atoms with Crippen LogP contribution >= 0.6 is 0 Å². The summed E-state index contributed by atoms with van der Waals surface area (Å²) in [6.45, 7) is 6.31. The molecule has 0 fully saturated rings. The van der Waals surface area contributed by atoms with E-state index in [1.165, 1.54) is 6.07 Å². The van der Waals surface area contributed by atoms with Gasteiger partial charge in [-0.25, -0.2) is 4.39 Å². The van der Waals surface area contributed by atoms with Crippen LogP contribution in [-0.2, 0) is 6.61 Å². The molecular weight excluding hydrogens is 241 g/mol. The van der Waals surface area contributed by atoms with Crippen molar-refractivity contribution < 1.29 is 9.13 Å². The molecule has 0 aliphatic carbocycles. The lowest BCUT2D eigenvalue weighted by Gasteiger charge is -2.11. The van der Waals surface area contributed by atoms with Gasteiger partial charge < -0.3 is 4.74 Å². The Labute approximate surface area is 113 Å². The first kappa shape index (κ1) is 13.5. The van der Waals surface area contributed by atoms with Crippen molar-refractivity contribution in [2.45, 2.75) is 33.3 Å². The van der Waals surface area contributed by atoms with Gasteiger partial charge in [0.1, 0.15) is 18.2 Å². The van der Waals surface area contributed by atoms with Crippen molar-refractivity contribution in [3.63, 3.8) is 0 Å². The van der Waals surface area contributed by atoms with Gasteiger partial charge in [0.15, 0.2) is 0 Å². The monoisotopic (exact) mass is 259 g/mol. The van der Waals surface area contributed by atoms with Crippen LogP contribution in [0, 0.1) is 12.7 Å². The van der Waals surface area contributed by atoms with Gasteiger partial charge in [0.25, 0.3) is 0 Å². The Bertz CT molecular complexity index is 549. The highest BCUT2D eigenvalue weighted by Gasteiger charge is 2.08. The summed E-state index contributed by atoms with van der Waals surface area (Å²) in [5, 5.41) is 0. The number of halogens is 1. The number of pyridine rings is 1. The fraction of sp³-hybridized carbons (Fsp3) is 0.312. The minimum absolute atomic E-state index is 0.140. The van der Waals surface area contributed by atoms with Gasteiger partial charge in [-0.1, -0.05) is 19.9 Å². The first-order valence-corrected chi connectivity index (χ1v) is 6.40. The van der Waals surface area contributed by atoms with Crippen molar-refractivity contribution in [1.82, 2.24) is 4.98 Å². The number of hydrogen-bond acceptors (Lipinski definition) is 2. The van der Waals surface area contributed by atoms with E-state index in [0.29, 0.717) is 17.9 Å². The average molecular weight is 259 g/mol. The van der Waals surface area contributed by atoms with E-state index in [1.54, 1.807) is 12.1 Å². The lowest BCUT2D eigenvalue weighted by atomic mass is 10.0. The Morgan fingerprint density at radius 3 is 2.63 bits per heavy atom. The number of rotatable bonds is 4. The zero-order valence-corrected chi connectivity index (χ0v) is 11.5. The quantitative estimate of drug-likeness (QED) is 0.819. The Morgan fingerprint density at radius 2 is 2.00 bits per heavy atom. The molecule has 2 aromatic rings. The van der Waals surface area contributed by atoms with E-state index in [0.717, 1.165) is 11.3 Å². The third-order valence-electron chi connectivity index (χ3n) is 2.95. The van der Waals surface area contributed by atoms with E-state index in [2.05, 4.69) is 4.98 Å². The third kappa shape index (κ3) is 3.53. The van der Waals surface area contributed by atoms with Crippen molar-refractivity contribution in [2.24, 2.45) is 0 Å². The molecular formula is C16H18FNO. The van der Waals surface area contributed by atoms with Gasteiger partial charge in [-0.3, -0.25) is 4.98 Å². The van der Waals surface area contributed by atoms with E-state index >= 15 is 0 Å². The van der Waals surface area contributed by atoms with Gasteiger partial charge in [-0.2, -0.15) is 0 Å². The molecule has 1 aromatic heterocycles. The number of aromatic nitrogens is 1. The third-order valence-corrected chi connectivity index (χ3v) is 2.95. The molecule has 0 aliphatic rings. The van der Waals surface area contributed by atoms with Crippen LogP contribution < -0.4 is 4.74 Å². The average Bonchev–Trinajstić information content (AvgIpc) is 2.39. The molecule has 19 heavy (non-hydrogen) atoms. The molecule has 0 saturated heterocycles. The Kier molecular flexibility index (Phi) is 4.15. The van der Waals surface area contributed by atoms with Gasteiger partial charge in [0.2, 0.25) is 0 Å². The summed E-state index contributed by atoms with van der Waals surface area (Å²) < 4.78 is 19.2. The molecule has 0 amide bonds. The lowest BCUT2D eigenvalue weighted by Crippen LogP contribution is -2.00. The first-order valence-electron chi connectivity index (χ1n) is 6.40. The molecule has 0 aliphatic heterocycles. The summed E-state index contributed by atoms with van der Waals surface area (Å²) in [4.78, 5) is 4.27. The van der Waals surface area contributed by atoms with Gasteiger partial charge in [-0.05, 0) is 48.2 Å². The summed E-state index contributed by atoms with van der Waals surface area (Å²) in [5.74, 6) is 0.629. The van der Waals surface area contributed by atoms with E-state index in [9.17, 15) is 4.39 Å². The van der Waals surface area contributed by atoms with Crippen LogP contribution in [0.4, 0.5) is 4.39 Å². The fourth-order valence-electron chi connectivity index (χ4n) is 1.80. The highest BCUT2D eigenvalue weighted by Crippen LogP contribution is 2.24. The van der Waals surface area contributed by atoms with Crippen molar-refractivity contribution >= 4 is 0 Å². The molecule has 2 rings (SSSR count). The largest absolute Gasteiger partial charge is 0.487 e. The maximum atomic E-state index is 13.6. The van der Waals surface area contributed by atoms with E-state index in [4.69, 9.17) is 4.74 Å². The lowest BCUT2D eigenvalue weighted by molar-refractivity contribution is 0.300. The van der Waals surface area contributed by atoms with Crippen molar-refractivity contribution in [2.75, 3.05) is 0 Å². The molecule has 0 N–H and O–H groups in total. The van der Waals surface area contributed by atoms with Crippen LogP contribution in [0.1, 0.15) is 36.6 Å². The second kappa shape index (κ2) is 5.83. The normalized spacial score (nSPS) is 10.8. The molecule has 1 aromatic carbocycles. The van der Waals surface area contributed by atoms with Crippen molar-refractivity contribution in [3.8, 4) is 5.75 Å². The second-order valence-electron chi connectivity index (χ2n) is 4.95. The van der Waals surface area contributed by atoms with Gasteiger partial charge in [0, 0.05) is 6.20 Å². The number of benzene rings is 1. The van der Waals surface area contributed by atoms with Crippen LogP contribution in [0.3, 0.4) is 0 Å². The van der Waals surface area contributed by atoms with E-state index in [-0.39, 0.29) is 11.7 Å². The summed E-state index contributed by atoms with van der Waals surface area (Å²) >= 11 is 0. The maximum Gasteiger partial charge on any atom is 0.130 e. The van der Waals surface area contributed by atoms with Crippen molar-refractivity contribution in [1.29, 1.82) is 0 Å². The van der Waals surface area contributed by atoms with Crippen molar-refractivity contribution in [3.05, 3.63) is 59.2 Å². The summed E-state index contributed by atoms with van der Waals surface area (Å²) in [7, 11) is 0. The molecule has 3 heteroatoms. The number of aryl methyl sites for hydroxylation is 1. The second-order valence-corrected chi connectivity index (χ2v) is 4.95. The van der Waals surface area contributed by atoms with Crippen LogP contribution in [-0.4, -0.2) is 4.98 Å². The highest BCUT2D eigenvalue weighted by molar-refractivity contribution is 5.31. The number of ether oxygens (including phenoxy) is 1. The summed E-state index contributed by atoms with van der Waals surface area (Å²) in [6.07, 6.45) is 1.81. The molecule has 0 bridgehead atoms. The minimum atomic E-state index is -0.184. The summed E-state index contributed by atoms with van der Waals surface area (Å²) in [5.41, 5.74) is 2.66. The van der Waals surface area contributed by atoms with Gasteiger partial charge in [-0.15, -0.1) is 0 Å². The standard InChI is InChI=1S/C16H18FNO/c1-11(2)15-8-14(6-7-16(15)17)19-10-13-5-4-12(3)9-18-13/h4-9,11H,10H2,1-3H3. The Morgan fingerprint density at radius 1 is 1.21 bits per heavy atom. The predicted octanol–water partition coefficient (Wildman–Crippen LogP) is 4.23. The molecule has 100 valence electrons.